The van der Waals surface area contributed by atoms with E-state index in [4.69, 9.17) is 4.89 Å². The van der Waals surface area contributed by atoms with Gasteiger partial charge in [0.05, 0.1) is 21.1 Å². The second kappa shape index (κ2) is 7.72. The van der Waals surface area contributed by atoms with Gasteiger partial charge in [-0.15, -0.1) is 0 Å². The molecule has 9 heteroatoms. The van der Waals surface area contributed by atoms with Crippen LogP contribution in [0.15, 0.2) is 0 Å². The Hall–Kier alpha value is 0.464. The van der Waals surface area contributed by atoms with Gasteiger partial charge in [0.15, 0.2) is 0 Å². The largest absolute Gasteiger partial charge is 0.756 e. The molecule has 0 rings (SSSR count). The summed E-state index contributed by atoms with van der Waals surface area (Å²) in [4.78, 5) is 18.3. The van der Waals surface area contributed by atoms with Crippen molar-refractivity contribution in [2.75, 3.05) is 34.3 Å². The standard InChI is InChI=1S/C5H14NO4P.H6OSi2/c1-6(2,3)4-5-10-11(7,8)9;2-1-3/h4-5H2,1-3H3,(H-,7,8,9);2-3H3. The Bertz CT molecular complexity index is 179. The third kappa shape index (κ3) is 22.9. The van der Waals surface area contributed by atoms with Crippen molar-refractivity contribution in [1.82, 2.24) is 0 Å². The number of rotatable bonds is 4. The molecule has 14 heavy (non-hydrogen) atoms. The van der Waals surface area contributed by atoms with Crippen LogP contribution in [0.5, 0.6) is 0 Å². The number of phosphoric acid groups is 1. The lowest BCUT2D eigenvalue weighted by atomic mass is 10.5. The van der Waals surface area contributed by atoms with Gasteiger partial charge in [-0.05, 0) is 0 Å². The van der Waals surface area contributed by atoms with Gasteiger partial charge in [-0.25, -0.2) is 0 Å². The van der Waals surface area contributed by atoms with E-state index in [0.29, 0.717) is 11.0 Å². The Morgan fingerprint density at radius 2 is 1.79 bits per heavy atom. The van der Waals surface area contributed by atoms with Gasteiger partial charge in [-0.1, -0.05) is 0 Å². The fourth-order valence-corrected chi connectivity index (χ4v) is 0.742. The van der Waals surface area contributed by atoms with Gasteiger partial charge in [0, 0.05) is 0 Å². The summed E-state index contributed by atoms with van der Waals surface area (Å²) in [6.07, 6.45) is 0. The first kappa shape index (κ1) is 16.9. The van der Waals surface area contributed by atoms with Crippen LogP contribution >= 0.6 is 7.82 Å². The molecule has 0 aliphatic carbocycles. The SMILES string of the molecule is C[N+](C)(C)CCOP(=O)([O-])O.[SiH3]O[SiH3]. The highest BCUT2D eigenvalue weighted by atomic mass is 31.2. The number of likely N-dealkylation sites (N-methyl/N-ethyl adjacent to an activating group) is 1. The molecule has 0 fully saturated rings. The summed E-state index contributed by atoms with van der Waals surface area (Å²) in [5.74, 6) is 0. The highest BCUT2D eigenvalue weighted by Gasteiger charge is 2.08. The van der Waals surface area contributed by atoms with Crippen LogP contribution < -0.4 is 4.89 Å². The van der Waals surface area contributed by atoms with Crippen LogP contribution in [0.4, 0.5) is 0 Å². The Labute approximate surface area is 91.1 Å². The van der Waals surface area contributed by atoms with Crippen LogP contribution in [0.2, 0.25) is 0 Å². The average molecular weight is 261 g/mol. The van der Waals surface area contributed by atoms with Crippen LogP contribution in [0, 0.1) is 0 Å². The van der Waals surface area contributed by atoms with Crippen molar-refractivity contribution in [1.29, 1.82) is 0 Å². The summed E-state index contributed by atoms with van der Waals surface area (Å²) in [6, 6.07) is 0. The summed E-state index contributed by atoms with van der Waals surface area (Å²) in [7, 11) is 3.05. The second-order valence-corrected chi connectivity index (χ2v) is 8.19. The molecule has 0 aromatic carbocycles. The molecule has 1 N–H and O–H groups in total. The first-order valence-corrected chi connectivity index (χ1v) is 7.14. The van der Waals surface area contributed by atoms with E-state index in [0.717, 1.165) is 21.0 Å². The van der Waals surface area contributed by atoms with Crippen molar-refractivity contribution in [3.63, 3.8) is 0 Å². The maximum absolute atomic E-state index is 10.1. The molecule has 0 saturated carbocycles. The van der Waals surface area contributed by atoms with Gasteiger partial charge in [0.2, 0.25) is 0 Å². The normalized spacial score (nSPS) is 15.8. The lowest BCUT2D eigenvalue weighted by molar-refractivity contribution is -0.870. The monoisotopic (exact) mass is 261 g/mol. The van der Waals surface area contributed by atoms with E-state index >= 15 is 0 Å². The zero-order valence-electron chi connectivity index (χ0n) is 9.39. The van der Waals surface area contributed by atoms with Crippen LogP contribution in [0.1, 0.15) is 0 Å². The summed E-state index contributed by atoms with van der Waals surface area (Å²) in [6.45, 7) is 0.549. The Kier molecular flexibility index (Phi) is 9.30. The van der Waals surface area contributed by atoms with Crippen LogP contribution in [0.25, 0.3) is 0 Å². The summed E-state index contributed by atoms with van der Waals surface area (Å²) < 4.78 is 19.3. The number of nitrogens with zero attached hydrogens (tertiary/aromatic N) is 1. The lowest BCUT2D eigenvalue weighted by Gasteiger charge is -2.25. The number of quaternary nitrogens is 1. The lowest BCUT2D eigenvalue weighted by Crippen LogP contribution is -2.37. The van der Waals surface area contributed by atoms with Crippen LogP contribution in [-0.2, 0) is 13.2 Å². The minimum atomic E-state index is -4.51. The third-order valence-corrected chi connectivity index (χ3v) is 1.53. The van der Waals surface area contributed by atoms with Gasteiger partial charge >= 0.3 is 0 Å². The molecule has 0 saturated heterocycles. The highest BCUT2D eigenvalue weighted by Crippen LogP contribution is 2.29. The summed E-state index contributed by atoms with van der Waals surface area (Å²) in [5.41, 5.74) is 0. The Morgan fingerprint density at radius 3 is 2.00 bits per heavy atom. The fourth-order valence-electron chi connectivity index (χ4n) is 0.430. The van der Waals surface area contributed by atoms with E-state index in [9.17, 15) is 9.46 Å². The minimum Gasteiger partial charge on any atom is -0.756 e. The van der Waals surface area contributed by atoms with E-state index in [1.54, 1.807) is 0 Å². The van der Waals surface area contributed by atoms with Crippen molar-refractivity contribution in [3.05, 3.63) is 0 Å². The predicted molar refractivity (Wildman–Crippen MR) is 59.6 cm³/mol. The second-order valence-electron chi connectivity index (χ2n) is 3.72. The minimum absolute atomic E-state index is 0.0147. The summed E-state index contributed by atoms with van der Waals surface area (Å²) >= 11 is 0. The topological polar surface area (TPSA) is 78.8 Å². The van der Waals surface area contributed by atoms with Crippen molar-refractivity contribution in [2.45, 2.75) is 0 Å². The van der Waals surface area contributed by atoms with Crippen molar-refractivity contribution in [3.8, 4) is 0 Å². The molecule has 88 valence electrons. The van der Waals surface area contributed by atoms with Crippen molar-refractivity contribution < 1.29 is 27.5 Å². The third-order valence-electron chi connectivity index (χ3n) is 1.02. The average Bonchev–Trinajstić information content (AvgIpc) is 1.81. The van der Waals surface area contributed by atoms with Gasteiger partial charge in [-0.3, -0.25) is 4.57 Å². The molecule has 1 atom stereocenters. The molecule has 0 aromatic heterocycles. The number of phosphoric ester groups is 1. The molecule has 1 unspecified atom stereocenters. The van der Waals surface area contributed by atoms with Gasteiger partial charge in [0.25, 0.3) is 7.82 Å². The maximum Gasteiger partial charge on any atom is 0.265 e. The van der Waals surface area contributed by atoms with Crippen LogP contribution in [-0.4, -0.2) is 64.6 Å². The molecule has 0 aromatic rings. The van der Waals surface area contributed by atoms with Gasteiger partial charge < -0.3 is 22.9 Å². The van der Waals surface area contributed by atoms with Gasteiger partial charge in [-0.2, -0.15) is 0 Å². The van der Waals surface area contributed by atoms with Gasteiger partial charge in [0.1, 0.15) is 34.1 Å². The molecular formula is C5H20NO5PSi2. The zero-order chi connectivity index (χ0) is 11.8. The number of hydrogen-bond acceptors (Lipinski definition) is 4. The predicted octanol–water partition coefficient (Wildman–Crippen LogP) is -3.27. The van der Waals surface area contributed by atoms with E-state index < -0.39 is 7.82 Å². The van der Waals surface area contributed by atoms with Crippen molar-refractivity contribution in [2.24, 2.45) is 0 Å². The molecular weight excluding hydrogens is 241 g/mol. The first-order chi connectivity index (χ1) is 6.12. The molecule has 0 spiro atoms. The first-order valence-electron chi connectivity index (χ1n) is 4.01. The Balaban J connectivity index is 0. The van der Waals surface area contributed by atoms with E-state index in [1.165, 1.54) is 0 Å². The molecule has 0 aliphatic heterocycles. The summed E-state index contributed by atoms with van der Waals surface area (Å²) in [5, 5.41) is 0. The van der Waals surface area contributed by atoms with Crippen LogP contribution in [0.3, 0.4) is 0 Å². The smallest absolute Gasteiger partial charge is 0.265 e. The maximum atomic E-state index is 10.1. The molecule has 0 amide bonds. The van der Waals surface area contributed by atoms with E-state index in [2.05, 4.69) is 8.64 Å². The fraction of sp³-hybridized carbons (Fsp3) is 1.00. The molecule has 0 bridgehead atoms. The zero-order valence-corrected chi connectivity index (χ0v) is 14.3. The molecule has 6 nitrogen and oxygen atoms in total. The highest BCUT2D eigenvalue weighted by molar-refractivity contribution is 7.44. The quantitative estimate of drug-likeness (QED) is 0.326. The Morgan fingerprint density at radius 1 is 1.43 bits per heavy atom. The molecule has 0 radical (unpaired) electrons. The van der Waals surface area contributed by atoms with E-state index in [-0.39, 0.29) is 6.61 Å². The molecule has 0 heterocycles. The number of hydrogen-bond donors (Lipinski definition) is 1. The van der Waals surface area contributed by atoms with E-state index in [1.807, 2.05) is 21.1 Å². The van der Waals surface area contributed by atoms with Crippen molar-refractivity contribution >= 4 is 28.8 Å². The molecule has 0 aliphatic rings.